The van der Waals surface area contributed by atoms with E-state index in [1.165, 1.54) is 4.57 Å². The number of rotatable bonds is 4. The second-order valence-corrected chi connectivity index (χ2v) is 10.7. The number of sulfone groups is 1. The molecule has 1 aliphatic heterocycles. The molecular formula is C24H23N5O4S. The molecule has 0 radical (unpaired) electrons. The molecule has 0 spiro atoms. The first kappa shape index (κ1) is 22.0. The van der Waals surface area contributed by atoms with E-state index in [2.05, 4.69) is 15.4 Å². The molecule has 3 heterocycles. The van der Waals surface area contributed by atoms with Crippen molar-refractivity contribution in [3.63, 3.8) is 0 Å². The van der Waals surface area contributed by atoms with Gasteiger partial charge < -0.3 is 5.32 Å². The van der Waals surface area contributed by atoms with Crippen molar-refractivity contribution in [2.24, 2.45) is 0 Å². The monoisotopic (exact) mass is 477 g/mol. The summed E-state index contributed by atoms with van der Waals surface area (Å²) in [6.45, 7) is 3.56. The van der Waals surface area contributed by atoms with Crippen LogP contribution in [0.1, 0.15) is 34.3 Å². The van der Waals surface area contributed by atoms with E-state index in [0.29, 0.717) is 45.9 Å². The minimum Gasteiger partial charge on any atom is -0.307 e. The van der Waals surface area contributed by atoms with Gasteiger partial charge in [0.15, 0.2) is 9.84 Å². The van der Waals surface area contributed by atoms with Crippen LogP contribution in [-0.4, -0.2) is 45.2 Å². The summed E-state index contributed by atoms with van der Waals surface area (Å²) in [5.41, 5.74) is 2.15. The number of nitrogens with zero attached hydrogens (tertiary/aromatic N) is 4. The lowest BCUT2D eigenvalue weighted by Crippen LogP contribution is -2.22. The van der Waals surface area contributed by atoms with Crippen LogP contribution in [0.25, 0.3) is 16.6 Å². The van der Waals surface area contributed by atoms with Crippen LogP contribution in [0, 0.1) is 13.8 Å². The van der Waals surface area contributed by atoms with Gasteiger partial charge in [0, 0.05) is 11.6 Å². The van der Waals surface area contributed by atoms with Gasteiger partial charge in [0.2, 0.25) is 0 Å². The summed E-state index contributed by atoms with van der Waals surface area (Å²) >= 11 is 0. The Morgan fingerprint density at radius 2 is 1.82 bits per heavy atom. The number of aryl methyl sites for hydroxylation is 2. The molecule has 34 heavy (non-hydrogen) atoms. The largest absolute Gasteiger partial charge is 0.307 e. The number of anilines is 1. The maximum Gasteiger partial charge on any atom is 0.265 e. The fraction of sp³-hybridized carbons (Fsp3) is 0.250. The Bertz CT molecular complexity index is 1590. The zero-order chi connectivity index (χ0) is 24.0. The van der Waals surface area contributed by atoms with E-state index in [1.54, 1.807) is 67.1 Å². The predicted octanol–water partition coefficient (Wildman–Crippen LogP) is 2.81. The summed E-state index contributed by atoms with van der Waals surface area (Å²) in [6, 6.07) is 15.3. The molecule has 5 rings (SSSR count). The van der Waals surface area contributed by atoms with Gasteiger partial charge in [-0.15, -0.1) is 0 Å². The molecule has 4 aromatic rings. The van der Waals surface area contributed by atoms with Crippen molar-refractivity contribution >= 4 is 32.5 Å². The van der Waals surface area contributed by atoms with E-state index < -0.39 is 9.84 Å². The number of nitrogens with one attached hydrogen (secondary N) is 1. The maximum absolute atomic E-state index is 13.0. The molecule has 9 nitrogen and oxygen atoms in total. The second-order valence-electron chi connectivity index (χ2n) is 8.49. The number of carbonyl (C=O) groups is 1. The Hall–Kier alpha value is -3.79. The van der Waals surface area contributed by atoms with E-state index in [9.17, 15) is 18.0 Å². The highest BCUT2D eigenvalue weighted by molar-refractivity contribution is 7.91. The van der Waals surface area contributed by atoms with E-state index in [-0.39, 0.29) is 29.0 Å². The molecule has 0 aliphatic carbocycles. The summed E-state index contributed by atoms with van der Waals surface area (Å²) in [6.07, 6.45) is 0.467. The van der Waals surface area contributed by atoms with E-state index in [4.69, 9.17) is 0 Å². The third-order valence-electron chi connectivity index (χ3n) is 5.98. The summed E-state index contributed by atoms with van der Waals surface area (Å²) in [4.78, 5) is 30.5. The first-order valence-corrected chi connectivity index (χ1v) is 12.7. The van der Waals surface area contributed by atoms with Gasteiger partial charge in [-0.2, -0.15) is 5.10 Å². The van der Waals surface area contributed by atoms with E-state index >= 15 is 0 Å². The molecule has 2 aromatic carbocycles. The van der Waals surface area contributed by atoms with Crippen LogP contribution in [0.2, 0.25) is 0 Å². The highest BCUT2D eigenvalue weighted by atomic mass is 32.2. The predicted molar refractivity (Wildman–Crippen MR) is 129 cm³/mol. The first-order valence-electron chi connectivity index (χ1n) is 10.9. The van der Waals surface area contributed by atoms with Crippen molar-refractivity contribution in [1.29, 1.82) is 0 Å². The summed E-state index contributed by atoms with van der Waals surface area (Å²) in [5, 5.41) is 7.76. The zero-order valence-electron chi connectivity index (χ0n) is 18.7. The summed E-state index contributed by atoms with van der Waals surface area (Å²) in [7, 11) is -3.09. The van der Waals surface area contributed by atoms with Gasteiger partial charge in [0.05, 0.1) is 39.8 Å². The van der Waals surface area contributed by atoms with E-state index in [0.717, 1.165) is 0 Å². The molecule has 0 saturated carbocycles. The number of fused-ring (bicyclic) bond motifs is 1. The third kappa shape index (κ3) is 4.01. The number of hydrogen-bond donors (Lipinski definition) is 1. The Morgan fingerprint density at radius 3 is 2.53 bits per heavy atom. The van der Waals surface area contributed by atoms with Gasteiger partial charge in [0.25, 0.3) is 11.5 Å². The van der Waals surface area contributed by atoms with Gasteiger partial charge in [-0.05, 0) is 56.7 Å². The van der Waals surface area contributed by atoms with Crippen molar-refractivity contribution in [3.05, 3.63) is 82.0 Å². The van der Waals surface area contributed by atoms with Crippen LogP contribution in [0.3, 0.4) is 0 Å². The van der Waals surface area contributed by atoms with Gasteiger partial charge in [0.1, 0.15) is 11.6 Å². The maximum atomic E-state index is 13.0. The SMILES string of the molecule is Cc1cc(NC(=O)c2ccc(-n3c(C)nc4ccccc4c3=O)cc2)n(C2CCS(=O)(=O)C2)n1. The van der Waals surface area contributed by atoms with Crippen LogP contribution >= 0.6 is 0 Å². The molecule has 1 N–H and O–H groups in total. The number of amides is 1. The number of hydrogen-bond acceptors (Lipinski definition) is 6. The third-order valence-corrected chi connectivity index (χ3v) is 7.74. The van der Waals surface area contributed by atoms with Crippen molar-refractivity contribution in [2.45, 2.75) is 26.3 Å². The topological polar surface area (TPSA) is 116 Å². The highest BCUT2D eigenvalue weighted by Gasteiger charge is 2.31. The smallest absolute Gasteiger partial charge is 0.265 e. The first-order chi connectivity index (χ1) is 16.2. The van der Waals surface area contributed by atoms with Crippen LogP contribution < -0.4 is 10.9 Å². The molecule has 1 unspecified atom stereocenters. The minimum absolute atomic E-state index is 0.0135. The van der Waals surface area contributed by atoms with Crippen molar-refractivity contribution < 1.29 is 13.2 Å². The van der Waals surface area contributed by atoms with Crippen LogP contribution in [0.15, 0.2) is 59.4 Å². The van der Waals surface area contributed by atoms with Crippen LogP contribution in [-0.2, 0) is 9.84 Å². The molecule has 10 heteroatoms. The van der Waals surface area contributed by atoms with Crippen molar-refractivity contribution in [1.82, 2.24) is 19.3 Å². The van der Waals surface area contributed by atoms with Crippen molar-refractivity contribution in [2.75, 3.05) is 16.8 Å². The Labute approximate surface area is 196 Å². The lowest BCUT2D eigenvalue weighted by Gasteiger charge is -2.14. The van der Waals surface area contributed by atoms with E-state index in [1.807, 2.05) is 6.07 Å². The molecular weight excluding hydrogens is 454 g/mol. The number of carbonyl (C=O) groups excluding carboxylic acids is 1. The molecule has 0 bridgehead atoms. The average Bonchev–Trinajstić information content (AvgIpc) is 3.35. The average molecular weight is 478 g/mol. The number of benzene rings is 2. The van der Waals surface area contributed by atoms with Gasteiger partial charge >= 0.3 is 0 Å². The molecule has 1 fully saturated rings. The Morgan fingerprint density at radius 1 is 1.09 bits per heavy atom. The van der Waals surface area contributed by atoms with Gasteiger partial charge in [-0.3, -0.25) is 14.2 Å². The standard InChI is InChI=1S/C24H23N5O4S/c1-15-13-22(29(27-15)19-11-12-34(32,33)14-19)26-23(30)17-7-9-18(10-8-17)28-16(2)25-21-6-4-3-5-20(21)24(28)31/h3-10,13,19H,11-12,14H2,1-2H3,(H,26,30). The molecule has 174 valence electrons. The molecule has 2 aromatic heterocycles. The lowest BCUT2D eigenvalue weighted by molar-refractivity contribution is 0.102. The summed E-state index contributed by atoms with van der Waals surface area (Å²) in [5.74, 6) is 0.786. The molecule has 1 aliphatic rings. The van der Waals surface area contributed by atoms with Crippen molar-refractivity contribution in [3.8, 4) is 5.69 Å². The van der Waals surface area contributed by atoms with Gasteiger partial charge in [-0.1, -0.05) is 12.1 Å². The fourth-order valence-corrected chi connectivity index (χ4v) is 6.05. The minimum atomic E-state index is -3.09. The number of aromatic nitrogens is 4. The van der Waals surface area contributed by atoms with Gasteiger partial charge in [-0.25, -0.2) is 18.1 Å². The molecule has 1 saturated heterocycles. The van der Waals surface area contributed by atoms with Crippen LogP contribution in [0.5, 0.6) is 0 Å². The normalized spacial score (nSPS) is 17.2. The number of para-hydroxylation sites is 1. The quantitative estimate of drug-likeness (QED) is 0.483. The Balaban J connectivity index is 1.41. The second kappa shape index (κ2) is 8.21. The Kier molecular flexibility index (Phi) is 5.32. The molecule has 1 amide bonds. The summed E-state index contributed by atoms with van der Waals surface area (Å²) < 4.78 is 26.9. The molecule has 1 atom stereocenters. The van der Waals surface area contributed by atoms with Crippen LogP contribution in [0.4, 0.5) is 5.82 Å². The fourth-order valence-electron chi connectivity index (χ4n) is 4.35. The lowest BCUT2D eigenvalue weighted by atomic mass is 10.1. The zero-order valence-corrected chi connectivity index (χ0v) is 19.5. The highest BCUT2D eigenvalue weighted by Crippen LogP contribution is 2.27.